The van der Waals surface area contributed by atoms with Crippen molar-refractivity contribution < 1.29 is 14.7 Å². The summed E-state index contributed by atoms with van der Waals surface area (Å²) in [5, 5.41) is 11.2. The largest absolute Gasteiger partial charge is 0.389 e. The highest BCUT2D eigenvalue weighted by Crippen LogP contribution is 2.30. The number of hydrogen-bond donors (Lipinski definition) is 4. The maximum Gasteiger partial charge on any atom is 0.271 e. The van der Waals surface area contributed by atoms with E-state index in [0.29, 0.717) is 18.4 Å². The van der Waals surface area contributed by atoms with E-state index in [1.165, 1.54) is 0 Å². The molecule has 23 heavy (non-hydrogen) atoms. The Morgan fingerprint density at radius 3 is 2.65 bits per heavy atom. The van der Waals surface area contributed by atoms with E-state index in [-0.39, 0.29) is 18.2 Å². The zero-order chi connectivity index (χ0) is 16.3. The summed E-state index contributed by atoms with van der Waals surface area (Å²) in [6, 6.07) is 7.45. The SMILES string of the molecule is O=C(CC1(O)CCCCC1)NNC(=O)c1c[nH]c2ccccc12. The molecule has 0 saturated heterocycles. The third-order valence-corrected chi connectivity index (χ3v) is 4.42. The first kappa shape index (κ1) is 15.6. The number of carbonyl (C=O) groups excluding carboxylic acids is 2. The number of aliphatic hydroxyl groups is 1. The molecule has 1 aromatic heterocycles. The van der Waals surface area contributed by atoms with Crippen molar-refractivity contribution in [2.24, 2.45) is 0 Å². The molecule has 122 valence electrons. The fourth-order valence-corrected chi connectivity index (χ4v) is 3.18. The van der Waals surface area contributed by atoms with Gasteiger partial charge in [0, 0.05) is 17.1 Å². The summed E-state index contributed by atoms with van der Waals surface area (Å²) in [5.74, 6) is -0.756. The average Bonchev–Trinajstić information content (AvgIpc) is 2.97. The van der Waals surface area contributed by atoms with Gasteiger partial charge in [-0.05, 0) is 18.9 Å². The van der Waals surface area contributed by atoms with Gasteiger partial charge in [0.25, 0.3) is 5.91 Å². The molecule has 1 aliphatic carbocycles. The summed E-state index contributed by atoms with van der Waals surface area (Å²) in [5.41, 5.74) is 5.20. The molecule has 6 heteroatoms. The molecule has 3 rings (SSSR count). The van der Waals surface area contributed by atoms with Crippen molar-refractivity contribution in [1.29, 1.82) is 0 Å². The molecule has 2 aromatic rings. The first-order chi connectivity index (χ1) is 11.1. The lowest BCUT2D eigenvalue weighted by Gasteiger charge is -2.31. The standard InChI is InChI=1S/C17H21N3O3/c21-15(10-17(23)8-4-1-5-9-17)19-20-16(22)13-11-18-14-7-3-2-6-12(13)14/h2-3,6-7,11,18,23H,1,4-5,8-10H2,(H,19,21)(H,20,22). The number of hydrogen-bond acceptors (Lipinski definition) is 3. The van der Waals surface area contributed by atoms with Gasteiger partial charge < -0.3 is 10.1 Å². The van der Waals surface area contributed by atoms with Gasteiger partial charge in [0.2, 0.25) is 5.91 Å². The lowest BCUT2D eigenvalue weighted by molar-refractivity contribution is -0.128. The fraction of sp³-hybridized carbons (Fsp3) is 0.412. The summed E-state index contributed by atoms with van der Waals surface area (Å²) in [6.07, 6.45) is 5.87. The third kappa shape index (κ3) is 3.53. The minimum Gasteiger partial charge on any atom is -0.389 e. The Hall–Kier alpha value is -2.34. The highest BCUT2D eigenvalue weighted by atomic mass is 16.3. The average molecular weight is 315 g/mol. The molecule has 1 fully saturated rings. The molecular weight excluding hydrogens is 294 g/mol. The summed E-state index contributed by atoms with van der Waals surface area (Å²) in [6.45, 7) is 0. The predicted molar refractivity (Wildman–Crippen MR) is 86.6 cm³/mol. The molecule has 0 atom stereocenters. The number of aromatic amines is 1. The van der Waals surface area contributed by atoms with Crippen LogP contribution < -0.4 is 10.9 Å². The minimum absolute atomic E-state index is 0.0150. The Morgan fingerprint density at radius 1 is 1.13 bits per heavy atom. The van der Waals surface area contributed by atoms with E-state index < -0.39 is 5.60 Å². The van der Waals surface area contributed by atoms with E-state index in [1.54, 1.807) is 6.20 Å². The number of aromatic nitrogens is 1. The molecule has 4 N–H and O–H groups in total. The molecule has 0 unspecified atom stereocenters. The first-order valence-corrected chi connectivity index (χ1v) is 7.95. The number of para-hydroxylation sites is 1. The second-order valence-corrected chi connectivity index (χ2v) is 6.21. The second-order valence-electron chi connectivity index (χ2n) is 6.21. The van der Waals surface area contributed by atoms with Crippen molar-refractivity contribution in [2.75, 3.05) is 0 Å². The van der Waals surface area contributed by atoms with E-state index in [4.69, 9.17) is 0 Å². The molecule has 0 aliphatic heterocycles. The molecule has 2 amide bonds. The Balaban J connectivity index is 1.57. The molecule has 1 aliphatic rings. The second kappa shape index (κ2) is 6.42. The molecule has 1 saturated carbocycles. The van der Waals surface area contributed by atoms with Crippen molar-refractivity contribution in [3.8, 4) is 0 Å². The van der Waals surface area contributed by atoms with Crippen LogP contribution in [0.15, 0.2) is 30.5 Å². The van der Waals surface area contributed by atoms with Gasteiger partial charge in [0.05, 0.1) is 17.6 Å². The molecular formula is C17H21N3O3. The van der Waals surface area contributed by atoms with Crippen LogP contribution in [0.2, 0.25) is 0 Å². The zero-order valence-corrected chi connectivity index (χ0v) is 12.9. The fourth-order valence-electron chi connectivity index (χ4n) is 3.18. The predicted octanol–water partition coefficient (Wildman–Crippen LogP) is 2.01. The van der Waals surface area contributed by atoms with E-state index >= 15 is 0 Å². The number of amides is 2. The number of nitrogens with one attached hydrogen (secondary N) is 3. The van der Waals surface area contributed by atoms with Gasteiger partial charge in [-0.25, -0.2) is 0 Å². The van der Waals surface area contributed by atoms with Crippen molar-refractivity contribution in [2.45, 2.75) is 44.1 Å². The highest BCUT2D eigenvalue weighted by molar-refractivity contribution is 6.07. The number of benzene rings is 1. The van der Waals surface area contributed by atoms with Crippen molar-refractivity contribution >= 4 is 22.7 Å². The first-order valence-electron chi connectivity index (χ1n) is 7.95. The van der Waals surface area contributed by atoms with Gasteiger partial charge in [-0.1, -0.05) is 37.5 Å². The lowest BCUT2D eigenvalue weighted by Crippen LogP contribution is -2.45. The van der Waals surface area contributed by atoms with Crippen LogP contribution in [0, 0.1) is 0 Å². The molecule has 0 spiro atoms. The van der Waals surface area contributed by atoms with Crippen LogP contribution in [-0.2, 0) is 4.79 Å². The van der Waals surface area contributed by atoms with Gasteiger partial charge in [0.15, 0.2) is 0 Å². The van der Waals surface area contributed by atoms with Gasteiger partial charge in [-0.15, -0.1) is 0 Å². The van der Waals surface area contributed by atoms with E-state index in [1.807, 2.05) is 24.3 Å². The van der Waals surface area contributed by atoms with Crippen LogP contribution in [0.25, 0.3) is 10.9 Å². The van der Waals surface area contributed by atoms with Gasteiger partial charge in [0.1, 0.15) is 0 Å². The number of rotatable bonds is 3. The van der Waals surface area contributed by atoms with Crippen LogP contribution in [0.1, 0.15) is 48.9 Å². The molecule has 6 nitrogen and oxygen atoms in total. The van der Waals surface area contributed by atoms with Crippen molar-refractivity contribution in [1.82, 2.24) is 15.8 Å². The maximum absolute atomic E-state index is 12.2. The summed E-state index contributed by atoms with van der Waals surface area (Å²) >= 11 is 0. The maximum atomic E-state index is 12.2. The van der Waals surface area contributed by atoms with Crippen LogP contribution in [0.5, 0.6) is 0 Å². The van der Waals surface area contributed by atoms with Crippen LogP contribution in [0.4, 0.5) is 0 Å². The van der Waals surface area contributed by atoms with Crippen LogP contribution >= 0.6 is 0 Å². The Kier molecular flexibility index (Phi) is 4.34. The van der Waals surface area contributed by atoms with E-state index in [2.05, 4.69) is 15.8 Å². The minimum atomic E-state index is -0.937. The summed E-state index contributed by atoms with van der Waals surface area (Å²) < 4.78 is 0. The summed E-state index contributed by atoms with van der Waals surface area (Å²) in [4.78, 5) is 27.2. The smallest absolute Gasteiger partial charge is 0.271 e. The number of fused-ring (bicyclic) bond motifs is 1. The van der Waals surface area contributed by atoms with Gasteiger partial charge in [-0.3, -0.25) is 20.4 Å². The van der Waals surface area contributed by atoms with Gasteiger partial charge in [-0.2, -0.15) is 0 Å². The van der Waals surface area contributed by atoms with Crippen molar-refractivity contribution in [3.05, 3.63) is 36.0 Å². The highest BCUT2D eigenvalue weighted by Gasteiger charge is 2.31. The topological polar surface area (TPSA) is 94.2 Å². The Labute approximate surface area is 134 Å². The zero-order valence-electron chi connectivity index (χ0n) is 12.9. The monoisotopic (exact) mass is 315 g/mol. The van der Waals surface area contributed by atoms with Gasteiger partial charge >= 0.3 is 0 Å². The lowest BCUT2D eigenvalue weighted by atomic mass is 9.82. The van der Waals surface area contributed by atoms with E-state index in [0.717, 1.165) is 30.2 Å². The van der Waals surface area contributed by atoms with Crippen LogP contribution in [0.3, 0.4) is 0 Å². The molecule has 0 radical (unpaired) electrons. The number of hydrazine groups is 1. The van der Waals surface area contributed by atoms with Crippen molar-refractivity contribution in [3.63, 3.8) is 0 Å². The normalized spacial score (nSPS) is 16.9. The van der Waals surface area contributed by atoms with Crippen LogP contribution in [-0.4, -0.2) is 27.5 Å². The molecule has 1 heterocycles. The Morgan fingerprint density at radius 2 is 1.87 bits per heavy atom. The quantitative estimate of drug-likeness (QED) is 0.653. The number of H-pyrrole nitrogens is 1. The number of carbonyl (C=O) groups is 2. The molecule has 1 aromatic carbocycles. The third-order valence-electron chi connectivity index (χ3n) is 4.42. The molecule has 0 bridgehead atoms. The Bertz CT molecular complexity index is 717. The summed E-state index contributed by atoms with van der Waals surface area (Å²) in [7, 11) is 0. The van der Waals surface area contributed by atoms with E-state index in [9.17, 15) is 14.7 Å².